The molecule has 1 atom stereocenters. The molecule has 6 heteroatoms. The summed E-state index contributed by atoms with van der Waals surface area (Å²) < 4.78 is 26.3. The second-order valence-electron chi connectivity index (χ2n) is 4.95. The number of rotatable bonds is 3. The summed E-state index contributed by atoms with van der Waals surface area (Å²) in [4.78, 5) is 13.8. The van der Waals surface area contributed by atoms with Gasteiger partial charge in [0.25, 0.3) is 0 Å². The van der Waals surface area contributed by atoms with Crippen molar-refractivity contribution in [3.05, 3.63) is 70.2 Å². The first-order chi connectivity index (χ1) is 10.6. The lowest BCUT2D eigenvalue weighted by atomic mass is 10.1. The molecule has 0 aliphatic carbocycles. The molecule has 1 unspecified atom stereocenters. The first kappa shape index (κ1) is 15.3. The van der Waals surface area contributed by atoms with Gasteiger partial charge in [0.15, 0.2) is 11.6 Å². The largest absolute Gasteiger partial charge is 0.321 e. The molecule has 1 aliphatic heterocycles. The van der Waals surface area contributed by atoms with Crippen LogP contribution < -0.4 is 0 Å². The van der Waals surface area contributed by atoms with E-state index >= 15 is 0 Å². The Morgan fingerprint density at radius 2 is 1.95 bits per heavy atom. The number of hydrogen-bond donors (Lipinski definition) is 0. The molecule has 0 bridgehead atoms. The van der Waals surface area contributed by atoms with Crippen molar-refractivity contribution in [2.75, 3.05) is 5.75 Å². The standard InChI is InChI=1S/C16H12ClF2NOS/c17-12-4-2-1-3-11(12)16-20(15(21)9-22-16)8-10-5-6-13(18)14(19)7-10/h1-7,16H,8-9H2. The zero-order valence-electron chi connectivity index (χ0n) is 11.4. The maximum Gasteiger partial charge on any atom is 0.234 e. The summed E-state index contributed by atoms with van der Waals surface area (Å²) in [5, 5.41) is 0.374. The minimum Gasteiger partial charge on any atom is -0.321 e. The summed E-state index contributed by atoms with van der Waals surface area (Å²) in [6.07, 6.45) is 0. The van der Waals surface area contributed by atoms with Gasteiger partial charge in [-0.05, 0) is 23.8 Å². The highest BCUT2D eigenvalue weighted by atomic mass is 35.5. The van der Waals surface area contributed by atoms with Gasteiger partial charge in [-0.25, -0.2) is 8.78 Å². The van der Waals surface area contributed by atoms with Crippen LogP contribution in [0.3, 0.4) is 0 Å². The number of hydrogen-bond acceptors (Lipinski definition) is 2. The van der Waals surface area contributed by atoms with Crippen LogP contribution in [0.5, 0.6) is 0 Å². The molecule has 1 saturated heterocycles. The number of halogens is 3. The van der Waals surface area contributed by atoms with Gasteiger partial charge in [-0.15, -0.1) is 11.8 Å². The quantitative estimate of drug-likeness (QED) is 0.826. The molecule has 1 heterocycles. The third-order valence-electron chi connectivity index (χ3n) is 3.48. The van der Waals surface area contributed by atoms with E-state index in [1.807, 2.05) is 18.2 Å². The number of nitrogens with zero attached hydrogens (tertiary/aromatic N) is 1. The molecule has 1 aliphatic rings. The normalized spacial score (nSPS) is 18.0. The SMILES string of the molecule is O=C1CSC(c2ccccc2Cl)N1Cc1ccc(F)c(F)c1. The lowest BCUT2D eigenvalue weighted by Gasteiger charge is -2.25. The molecule has 22 heavy (non-hydrogen) atoms. The van der Waals surface area contributed by atoms with Crippen molar-refractivity contribution in [3.8, 4) is 0 Å². The zero-order chi connectivity index (χ0) is 15.7. The molecule has 0 aromatic heterocycles. The minimum absolute atomic E-state index is 0.0420. The Morgan fingerprint density at radius 1 is 1.18 bits per heavy atom. The molecule has 0 N–H and O–H groups in total. The van der Waals surface area contributed by atoms with Gasteiger partial charge in [0.1, 0.15) is 5.37 Å². The fourth-order valence-corrected chi connectivity index (χ4v) is 3.92. The van der Waals surface area contributed by atoms with Crippen LogP contribution in [0.1, 0.15) is 16.5 Å². The molecule has 1 fully saturated rings. The molecule has 2 aromatic carbocycles. The van der Waals surface area contributed by atoms with Crippen LogP contribution in [0.25, 0.3) is 0 Å². The van der Waals surface area contributed by atoms with E-state index in [-0.39, 0.29) is 17.8 Å². The Kier molecular flexibility index (Phi) is 4.36. The fraction of sp³-hybridized carbons (Fsp3) is 0.188. The van der Waals surface area contributed by atoms with Gasteiger partial charge in [-0.1, -0.05) is 35.9 Å². The molecule has 2 aromatic rings. The fourth-order valence-electron chi connectivity index (χ4n) is 2.39. The van der Waals surface area contributed by atoms with E-state index in [0.717, 1.165) is 17.7 Å². The molecule has 0 spiro atoms. The summed E-state index contributed by atoms with van der Waals surface area (Å²) >= 11 is 7.68. The number of carbonyl (C=O) groups is 1. The van der Waals surface area contributed by atoms with Crippen LogP contribution in [0.2, 0.25) is 5.02 Å². The van der Waals surface area contributed by atoms with Gasteiger partial charge in [0.2, 0.25) is 5.91 Å². The minimum atomic E-state index is -0.911. The monoisotopic (exact) mass is 339 g/mol. The van der Waals surface area contributed by atoms with E-state index < -0.39 is 11.6 Å². The average Bonchev–Trinajstić information content (AvgIpc) is 2.85. The van der Waals surface area contributed by atoms with Gasteiger partial charge in [-0.3, -0.25) is 4.79 Å². The lowest BCUT2D eigenvalue weighted by molar-refractivity contribution is -0.128. The maximum absolute atomic E-state index is 13.3. The van der Waals surface area contributed by atoms with Gasteiger partial charge in [-0.2, -0.15) is 0 Å². The van der Waals surface area contributed by atoms with E-state index in [4.69, 9.17) is 11.6 Å². The van der Waals surface area contributed by atoms with Crippen LogP contribution in [0, 0.1) is 11.6 Å². The number of amides is 1. The molecule has 0 radical (unpaired) electrons. The molecular formula is C16H12ClF2NOS. The Labute approximate surface area is 136 Å². The van der Waals surface area contributed by atoms with Crippen molar-refractivity contribution < 1.29 is 13.6 Å². The predicted octanol–water partition coefficient (Wildman–Crippen LogP) is 4.39. The van der Waals surface area contributed by atoms with Gasteiger partial charge in [0, 0.05) is 17.1 Å². The maximum atomic E-state index is 13.3. The molecule has 2 nitrogen and oxygen atoms in total. The van der Waals surface area contributed by atoms with Crippen molar-refractivity contribution in [1.82, 2.24) is 4.90 Å². The van der Waals surface area contributed by atoms with E-state index in [2.05, 4.69) is 0 Å². The molecule has 0 saturated carbocycles. The Balaban J connectivity index is 1.88. The Morgan fingerprint density at radius 3 is 2.68 bits per heavy atom. The highest BCUT2D eigenvalue weighted by Gasteiger charge is 2.33. The van der Waals surface area contributed by atoms with Crippen molar-refractivity contribution in [2.45, 2.75) is 11.9 Å². The number of thioether (sulfide) groups is 1. The van der Waals surface area contributed by atoms with Gasteiger partial charge >= 0.3 is 0 Å². The smallest absolute Gasteiger partial charge is 0.234 e. The highest BCUT2D eigenvalue weighted by Crippen LogP contribution is 2.42. The van der Waals surface area contributed by atoms with Crippen LogP contribution in [-0.2, 0) is 11.3 Å². The van der Waals surface area contributed by atoms with Crippen LogP contribution >= 0.6 is 23.4 Å². The van der Waals surface area contributed by atoms with Gasteiger partial charge in [0.05, 0.1) is 5.75 Å². The van der Waals surface area contributed by atoms with Crippen LogP contribution in [0.15, 0.2) is 42.5 Å². The molecular weight excluding hydrogens is 328 g/mol. The summed E-state index contributed by atoms with van der Waals surface area (Å²) in [6.45, 7) is 0.221. The number of carbonyl (C=O) groups excluding carboxylic acids is 1. The second kappa shape index (κ2) is 6.26. The lowest BCUT2D eigenvalue weighted by Crippen LogP contribution is -2.27. The third kappa shape index (κ3) is 2.96. The first-order valence-corrected chi connectivity index (χ1v) is 8.08. The van der Waals surface area contributed by atoms with Gasteiger partial charge < -0.3 is 4.90 Å². The topological polar surface area (TPSA) is 20.3 Å². The first-order valence-electron chi connectivity index (χ1n) is 6.65. The van der Waals surface area contributed by atoms with E-state index in [1.54, 1.807) is 11.0 Å². The predicted molar refractivity (Wildman–Crippen MR) is 83.6 cm³/mol. The highest BCUT2D eigenvalue weighted by molar-refractivity contribution is 8.00. The van der Waals surface area contributed by atoms with Crippen molar-refractivity contribution >= 4 is 29.3 Å². The Hall–Kier alpha value is -1.59. The van der Waals surface area contributed by atoms with E-state index in [9.17, 15) is 13.6 Å². The Bertz CT molecular complexity index is 725. The summed E-state index contributed by atoms with van der Waals surface area (Å²) in [5.41, 5.74) is 1.40. The van der Waals surface area contributed by atoms with Crippen LogP contribution in [0.4, 0.5) is 8.78 Å². The number of benzene rings is 2. The summed E-state index contributed by atoms with van der Waals surface area (Å²) in [5.74, 6) is -1.50. The van der Waals surface area contributed by atoms with E-state index in [0.29, 0.717) is 16.3 Å². The molecule has 1 amide bonds. The second-order valence-corrected chi connectivity index (χ2v) is 6.43. The van der Waals surface area contributed by atoms with Crippen molar-refractivity contribution in [2.24, 2.45) is 0 Å². The third-order valence-corrected chi connectivity index (χ3v) is 5.06. The summed E-state index contributed by atoms with van der Waals surface area (Å²) in [7, 11) is 0. The zero-order valence-corrected chi connectivity index (χ0v) is 13.0. The van der Waals surface area contributed by atoms with E-state index in [1.165, 1.54) is 17.8 Å². The van der Waals surface area contributed by atoms with Crippen molar-refractivity contribution in [3.63, 3.8) is 0 Å². The molecule has 114 valence electrons. The van der Waals surface area contributed by atoms with Crippen molar-refractivity contribution in [1.29, 1.82) is 0 Å². The molecule has 3 rings (SSSR count). The summed E-state index contributed by atoms with van der Waals surface area (Å²) in [6, 6.07) is 11.0. The van der Waals surface area contributed by atoms with Crippen LogP contribution in [-0.4, -0.2) is 16.6 Å². The average molecular weight is 340 g/mol.